The lowest BCUT2D eigenvalue weighted by molar-refractivity contribution is 0.0714. The molecule has 0 rings (SSSR count). The van der Waals surface area contributed by atoms with Crippen molar-refractivity contribution in [1.29, 1.82) is 0 Å². The summed E-state index contributed by atoms with van der Waals surface area (Å²) >= 11 is 0. The Kier molecular flexibility index (Phi) is 37.1. The maximum absolute atomic E-state index is 13.3. The van der Waals surface area contributed by atoms with Crippen LogP contribution in [0.3, 0.4) is 0 Å². The quantitative estimate of drug-likeness (QED) is 0.0513. The van der Waals surface area contributed by atoms with Crippen LogP contribution in [0, 0.1) is 0 Å². The zero-order valence-electron chi connectivity index (χ0n) is 33.3. The molecule has 0 atom stereocenters. The summed E-state index contributed by atoms with van der Waals surface area (Å²) in [6.07, 6.45) is 37.9. The molecule has 7 heteroatoms. The summed E-state index contributed by atoms with van der Waals surface area (Å²) in [5, 5.41) is 3.19. The first-order valence-corrected chi connectivity index (χ1v) is 23.5. The normalized spacial score (nSPS) is 11.8. The molecule has 1 N–H and O–H groups in total. The first-order valence-electron chi connectivity index (χ1n) is 21.5. The molecule has 0 fully saturated rings. The van der Waals surface area contributed by atoms with Crippen LogP contribution in [0.1, 0.15) is 214 Å². The van der Waals surface area contributed by atoms with Crippen molar-refractivity contribution in [3.05, 3.63) is 0 Å². The van der Waals surface area contributed by atoms with Gasteiger partial charge in [-0.3, -0.25) is 0 Å². The van der Waals surface area contributed by atoms with Crippen molar-refractivity contribution in [2.75, 3.05) is 39.5 Å². The molecular formula is C41H86N2O4Si. The number of rotatable bonds is 39. The topological polar surface area (TPSA) is 60.0 Å². The molecular weight excluding hydrogens is 613 g/mol. The highest BCUT2D eigenvalue weighted by atomic mass is 28.4. The monoisotopic (exact) mass is 699 g/mol. The molecule has 0 unspecified atom stereocenters. The van der Waals surface area contributed by atoms with Crippen LogP contribution in [0.25, 0.3) is 0 Å². The Morgan fingerprint density at radius 3 is 0.979 bits per heavy atom. The Morgan fingerprint density at radius 1 is 0.438 bits per heavy atom. The molecule has 0 saturated carbocycles. The highest BCUT2D eigenvalue weighted by Gasteiger charge is 2.40. The van der Waals surface area contributed by atoms with Crippen LogP contribution in [0.2, 0.25) is 6.04 Å². The molecule has 0 radical (unpaired) electrons. The third-order valence-electron chi connectivity index (χ3n) is 9.65. The second-order valence-electron chi connectivity index (χ2n) is 14.1. The van der Waals surface area contributed by atoms with Gasteiger partial charge in [0.2, 0.25) is 0 Å². The van der Waals surface area contributed by atoms with Gasteiger partial charge in [-0.25, -0.2) is 4.79 Å². The Hall–Kier alpha value is -0.633. The predicted molar refractivity (Wildman–Crippen MR) is 211 cm³/mol. The van der Waals surface area contributed by atoms with Gasteiger partial charge in [0.25, 0.3) is 0 Å². The zero-order chi connectivity index (χ0) is 35.2. The Morgan fingerprint density at radius 2 is 0.708 bits per heavy atom. The minimum atomic E-state index is -2.75. The molecule has 2 amide bonds. The molecule has 0 spiro atoms. The van der Waals surface area contributed by atoms with E-state index in [1.54, 1.807) is 0 Å². The molecule has 288 valence electrons. The van der Waals surface area contributed by atoms with Gasteiger partial charge in [-0.15, -0.1) is 0 Å². The third kappa shape index (κ3) is 30.2. The molecule has 6 nitrogen and oxygen atoms in total. The van der Waals surface area contributed by atoms with Gasteiger partial charge in [0, 0.05) is 45.5 Å². The highest BCUT2D eigenvalue weighted by molar-refractivity contribution is 6.60. The zero-order valence-corrected chi connectivity index (χ0v) is 34.3. The predicted octanol–water partition coefficient (Wildman–Crippen LogP) is 13.0. The third-order valence-corrected chi connectivity index (χ3v) is 12.7. The van der Waals surface area contributed by atoms with Gasteiger partial charge in [0.05, 0.1) is 0 Å². The molecule has 0 aliphatic carbocycles. The number of hydrogen-bond donors (Lipinski definition) is 1. The standard InChI is InChI=1S/C41H86N2O4Si/c1-6-11-13-15-17-19-21-23-25-27-29-31-33-35-38-43(41(44)42-37-40-48(45-8-3,46-9-4)47-10-5)39-36-34-32-30-28-26-24-22-20-18-16-14-12-7-2/h6-40H2,1-5H3,(H,42,44). The van der Waals surface area contributed by atoms with E-state index in [0.29, 0.717) is 32.4 Å². The van der Waals surface area contributed by atoms with Crippen LogP contribution >= 0.6 is 0 Å². The van der Waals surface area contributed by atoms with Gasteiger partial charge in [0.15, 0.2) is 0 Å². The molecule has 0 aromatic carbocycles. The lowest BCUT2D eigenvalue weighted by atomic mass is 10.0. The fraction of sp³-hybridized carbons (Fsp3) is 0.976. The average molecular weight is 699 g/mol. The smallest absolute Gasteiger partial charge is 0.374 e. The summed E-state index contributed by atoms with van der Waals surface area (Å²) in [6.45, 7) is 14.4. The summed E-state index contributed by atoms with van der Waals surface area (Å²) in [7, 11) is -2.75. The summed E-state index contributed by atoms with van der Waals surface area (Å²) in [6, 6.07) is 0.673. The lowest BCUT2D eigenvalue weighted by Crippen LogP contribution is -2.49. The summed E-state index contributed by atoms with van der Waals surface area (Å²) < 4.78 is 18.0. The van der Waals surface area contributed by atoms with Crippen LogP contribution in [0.4, 0.5) is 4.79 Å². The molecule has 0 aliphatic heterocycles. The minimum Gasteiger partial charge on any atom is -0.374 e. The largest absolute Gasteiger partial charge is 0.502 e. The second kappa shape index (κ2) is 37.6. The fourth-order valence-corrected chi connectivity index (χ4v) is 9.18. The number of hydrogen-bond acceptors (Lipinski definition) is 4. The number of nitrogens with zero attached hydrogens (tertiary/aromatic N) is 1. The SMILES string of the molecule is CCCCCCCCCCCCCCCCN(CCCCCCCCCCCCCCCC)C(=O)NCC[Si](OCC)(OCC)OCC. The molecule has 0 saturated heterocycles. The van der Waals surface area contributed by atoms with Gasteiger partial charge in [-0.2, -0.15) is 0 Å². The van der Waals surface area contributed by atoms with Gasteiger partial charge in [-0.1, -0.05) is 181 Å². The second-order valence-corrected chi connectivity index (χ2v) is 16.9. The van der Waals surface area contributed by atoms with Crippen molar-refractivity contribution < 1.29 is 18.1 Å². The number of carbonyl (C=O) groups is 1. The van der Waals surface area contributed by atoms with Crippen LogP contribution in [0.5, 0.6) is 0 Å². The van der Waals surface area contributed by atoms with E-state index >= 15 is 0 Å². The van der Waals surface area contributed by atoms with E-state index < -0.39 is 8.80 Å². The van der Waals surface area contributed by atoms with Gasteiger partial charge < -0.3 is 23.5 Å². The highest BCUT2D eigenvalue weighted by Crippen LogP contribution is 2.17. The van der Waals surface area contributed by atoms with E-state index in [4.69, 9.17) is 13.3 Å². The van der Waals surface area contributed by atoms with Crippen molar-refractivity contribution in [1.82, 2.24) is 10.2 Å². The van der Waals surface area contributed by atoms with E-state index in [9.17, 15) is 4.79 Å². The van der Waals surface area contributed by atoms with Gasteiger partial charge in [-0.05, 0) is 33.6 Å². The van der Waals surface area contributed by atoms with Crippen molar-refractivity contribution in [2.45, 2.75) is 220 Å². The maximum atomic E-state index is 13.3. The molecule has 0 heterocycles. The number of carbonyl (C=O) groups excluding carboxylic acids is 1. The molecule has 0 aromatic heterocycles. The van der Waals surface area contributed by atoms with E-state index in [2.05, 4.69) is 24.1 Å². The number of nitrogens with one attached hydrogen (secondary N) is 1. The van der Waals surface area contributed by atoms with Crippen molar-refractivity contribution in [3.8, 4) is 0 Å². The van der Waals surface area contributed by atoms with Crippen molar-refractivity contribution in [3.63, 3.8) is 0 Å². The van der Waals surface area contributed by atoms with E-state index in [0.717, 1.165) is 25.9 Å². The fourth-order valence-electron chi connectivity index (χ4n) is 6.74. The number of urea groups is 1. The molecule has 0 aromatic rings. The summed E-state index contributed by atoms with van der Waals surface area (Å²) in [5.41, 5.74) is 0. The lowest BCUT2D eigenvalue weighted by Gasteiger charge is -2.29. The Bertz CT molecular complexity index is 605. The van der Waals surface area contributed by atoms with Crippen LogP contribution in [0.15, 0.2) is 0 Å². The van der Waals surface area contributed by atoms with E-state index in [-0.39, 0.29) is 6.03 Å². The number of amides is 2. The first kappa shape index (κ1) is 47.4. The minimum absolute atomic E-state index is 0.0618. The Balaban J connectivity index is 4.39. The van der Waals surface area contributed by atoms with Crippen LogP contribution < -0.4 is 5.32 Å². The summed E-state index contributed by atoms with van der Waals surface area (Å²) in [5.74, 6) is 0. The molecule has 0 bridgehead atoms. The van der Waals surface area contributed by atoms with E-state index in [1.807, 2.05) is 20.8 Å². The average Bonchev–Trinajstić information content (AvgIpc) is 3.08. The maximum Gasteiger partial charge on any atom is 0.502 e. The van der Waals surface area contributed by atoms with Gasteiger partial charge >= 0.3 is 14.8 Å². The van der Waals surface area contributed by atoms with Crippen LogP contribution in [-0.4, -0.2) is 59.2 Å². The Labute approximate surface area is 302 Å². The van der Waals surface area contributed by atoms with Crippen molar-refractivity contribution in [2.24, 2.45) is 0 Å². The van der Waals surface area contributed by atoms with Crippen LogP contribution in [-0.2, 0) is 13.3 Å². The van der Waals surface area contributed by atoms with Crippen molar-refractivity contribution >= 4 is 14.8 Å². The molecule has 48 heavy (non-hydrogen) atoms. The summed E-state index contributed by atoms with van der Waals surface area (Å²) in [4.78, 5) is 15.4. The van der Waals surface area contributed by atoms with E-state index in [1.165, 1.54) is 167 Å². The first-order chi connectivity index (χ1) is 23.6. The molecule has 0 aliphatic rings. The number of unbranched alkanes of at least 4 members (excludes halogenated alkanes) is 26. The van der Waals surface area contributed by atoms with Gasteiger partial charge in [0.1, 0.15) is 0 Å².